The Morgan fingerprint density at radius 2 is 1.00 bits per heavy atom. The number of furan rings is 2. The molecular formula is C20H14FeO4. The molecule has 0 fully saturated rings. The Bertz CT molecular complexity index is 759. The van der Waals surface area contributed by atoms with Crippen LogP contribution in [0.25, 0.3) is 11.5 Å². The van der Waals surface area contributed by atoms with E-state index >= 15 is 0 Å². The number of hydrogen-bond acceptors (Lipinski definition) is 4. The third-order valence-corrected chi connectivity index (χ3v) is 3.34. The van der Waals surface area contributed by atoms with Gasteiger partial charge in [-0.2, -0.15) is 0 Å². The maximum Gasteiger partial charge on any atom is 2.00 e. The third kappa shape index (κ3) is 4.57. The molecule has 0 saturated heterocycles. The van der Waals surface area contributed by atoms with E-state index in [2.05, 4.69) is 0 Å². The van der Waals surface area contributed by atoms with Gasteiger partial charge in [-0.25, -0.2) is 0 Å². The molecule has 0 bridgehead atoms. The van der Waals surface area contributed by atoms with Gasteiger partial charge in [0.15, 0.2) is 0 Å². The molecule has 2 heterocycles. The Morgan fingerprint density at radius 1 is 0.640 bits per heavy atom. The van der Waals surface area contributed by atoms with Crippen molar-refractivity contribution in [3.63, 3.8) is 0 Å². The molecule has 126 valence electrons. The van der Waals surface area contributed by atoms with E-state index in [0.29, 0.717) is 22.7 Å². The zero-order valence-electron chi connectivity index (χ0n) is 13.1. The SMILES string of the molecule is [Fe+2].[O-]C(=C1C=CC=C1)c1ccco1.[O-]C(=C1C=CC=C1)c1ccco1. The molecule has 0 N–H and O–H groups in total. The predicted molar refractivity (Wildman–Crippen MR) is 87.8 cm³/mol. The third-order valence-electron chi connectivity index (χ3n) is 3.34. The van der Waals surface area contributed by atoms with Gasteiger partial charge in [0.2, 0.25) is 0 Å². The Hall–Kier alpha value is -2.88. The van der Waals surface area contributed by atoms with Crippen LogP contribution < -0.4 is 10.2 Å². The smallest absolute Gasteiger partial charge is 0.870 e. The van der Waals surface area contributed by atoms with Crippen molar-refractivity contribution in [1.82, 2.24) is 0 Å². The molecule has 4 nitrogen and oxygen atoms in total. The molecule has 0 saturated carbocycles. The van der Waals surface area contributed by atoms with Crippen LogP contribution in [0.3, 0.4) is 0 Å². The summed E-state index contributed by atoms with van der Waals surface area (Å²) in [5.74, 6) is 0.650. The Balaban J connectivity index is 0.000000173. The Kier molecular flexibility index (Phi) is 6.52. The van der Waals surface area contributed by atoms with Crippen LogP contribution in [0.1, 0.15) is 11.5 Å². The summed E-state index contributed by atoms with van der Waals surface area (Å²) >= 11 is 0. The van der Waals surface area contributed by atoms with E-state index in [1.807, 2.05) is 24.3 Å². The maximum atomic E-state index is 11.5. The van der Waals surface area contributed by atoms with Crippen LogP contribution in [0.2, 0.25) is 0 Å². The first kappa shape index (κ1) is 18.5. The standard InChI is InChI=1S/2C10H8O2.Fe/c2*11-10(8-4-1-2-5-8)9-6-3-7-12-9;/h2*1-7,11H;/q;;+2/p-2. The Morgan fingerprint density at radius 3 is 1.28 bits per heavy atom. The molecule has 2 aliphatic rings. The van der Waals surface area contributed by atoms with Crippen molar-refractivity contribution < 1.29 is 36.1 Å². The van der Waals surface area contributed by atoms with Gasteiger partial charge in [-0.1, -0.05) is 60.1 Å². The Labute approximate surface area is 155 Å². The van der Waals surface area contributed by atoms with E-state index in [-0.39, 0.29) is 28.6 Å². The van der Waals surface area contributed by atoms with Gasteiger partial charge in [-0.15, -0.1) is 0 Å². The second kappa shape index (κ2) is 8.83. The molecule has 2 aromatic heterocycles. The fraction of sp³-hybridized carbons (Fsp3) is 0. The molecule has 0 atom stereocenters. The van der Waals surface area contributed by atoms with Gasteiger partial charge in [0, 0.05) is 0 Å². The average Bonchev–Trinajstić information content (AvgIpc) is 3.43. The first-order chi connectivity index (χ1) is 11.8. The molecule has 0 spiro atoms. The molecule has 0 aliphatic heterocycles. The first-order valence-electron chi connectivity index (χ1n) is 7.35. The number of allylic oxidation sites excluding steroid dienone is 10. The summed E-state index contributed by atoms with van der Waals surface area (Å²) in [4.78, 5) is 0. The summed E-state index contributed by atoms with van der Waals surface area (Å²) in [5.41, 5.74) is 1.34. The van der Waals surface area contributed by atoms with Crippen molar-refractivity contribution in [3.05, 3.63) is 108 Å². The van der Waals surface area contributed by atoms with Crippen LogP contribution in [0.15, 0.2) is 105 Å². The molecule has 0 aromatic carbocycles. The summed E-state index contributed by atoms with van der Waals surface area (Å²) in [5, 5.41) is 22.9. The minimum atomic E-state index is -0.0648. The van der Waals surface area contributed by atoms with Crippen molar-refractivity contribution in [1.29, 1.82) is 0 Å². The number of rotatable bonds is 2. The maximum absolute atomic E-state index is 11.5. The van der Waals surface area contributed by atoms with Gasteiger partial charge in [0.05, 0.1) is 12.5 Å². The molecule has 0 radical (unpaired) electrons. The van der Waals surface area contributed by atoms with Crippen molar-refractivity contribution >= 4 is 11.5 Å². The summed E-state index contributed by atoms with van der Waals surface area (Å²) < 4.78 is 9.94. The zero-order chi connectivity index (χ0) is 16.8. The van der Waals surface area contributed by atoms with Crippen LogP contribution in [0.5, 0.6) is 0 Å². The van der Waals surface area contributed by atoms with Crippen molar-refractivity contribution in [2.24, 2.45) is 0 Å². The van der Waals surface area contributed by atoms with E-state index in [1.54, 1.807) is 48.6 Å². The topological polar surface area (TPSA) is 72.4 Å². The van der Waals surface area contributed by atoms with Gasteiger partial charge >= 0.3 is 17.1 Å². The normalized spacial score (nSPS) is 13.6. The van der Waals surface area contributed by atoms with Gasteiger partial charge in [0.25, 0.3) is 0 Å². The van der Waals surface area contributed by atoms with Crippen LogP contribution in [-0.2, 0) is 17.1 Å². The van der Waals surface area contributed by atoms with E-state index in [0.717, 1.165) is 0 Å². The minimum Gasteiger partial charge on any atom is -0.870 e. The summed E-state index contributed by atoms with van der Waals surface area (Å²) in [6, 6.07) is 6.73. The molecule has 25 heavy (non-hydrogen) atoms. The molecule has 4 rings (SSSR count). The largest absolute Gasteiger partial charge is 2.00 e. The van der Waals surface area contributed by atoms with Gasteiger partial charge in [-0.05, 0) is 35.4 Å². The quantitative estimate of drug-likeness (QED) is 0.599. The summed E-state index contributed by atoms with van der Waals surface area (Å²) in [6.07, 6.45) is 17.4. The minimum absolute atomic E-state index is 0. The van der Waals surface area contributed by atoms with Gasteiger partial charge in [-0.3, -0.25) is 0 Å². The fourth-order valence-electron chi connectivity index (χ4n) is 2.15. The molecule has 2 aliphatic carbocycles. The zero-order valence-corrected chi connectivity index (χ0v) is 14.2. The monoisotopic (exact) mass is 374 g/mol. The molecule has 2 aromatic rings. The molecular weight excluding hydrogens is 360 g/mol. The van der Waals surface area contributed by atoms with Gasteiger partial charge < -0.3 is 19.0 Å². The van der Waals surface area contributed by atoms with Gasteiger partial charge in [0.1, 0.15) is 11.5 Å². The van der Waals surface area contributed by atoms with Crippen LogP contribution in [0, 0.1) is 0 Å². The van der Waals surface area contributed by atoms with Crippen LogP contribution in [-0.4, -0.2) is 0 Å². The molecule has 0 unspecified atom stereocenters. The average molecular weight is 374 g/mol. The first-order valence-corrected chi connectivity index (χ1v) is 7.35. The van der Waals surface area contributed by atoms with E-state index in [1.165, 1.54) is 12.5 Å². The molecule has 0 amide bonds. The van der Waals surface area contributed by atoms with E-state index in [9.17, 15) is 10.2 Å². The fourth-order valence-corrected chi connectivity index (χ4v) is 2.15. The number of hydrogen-bond donors (Lipinski definition) is 0. The van der Waals surface area contributed by atoms with Crippen molar-refractivity contribution in [2.45, 2.75) is 0 Å². The van der Waals surface area contributed by atoms with Crippen molar-refractivity contribution in [3.8, 4) is 0 Å². The van der Waals surface area contributed by atoms with E-state index < -0.39 is 0 Å². The van der Waals surface area contributed by atoms with E-state index in [4.69, 9.17) is 8.83 Å². The summed E-state index contributed by atoms with van der Waals surface area (Å²) in [6.45, 7) is 0. The van der Waals surface area contributed by atoms with Crippen molar-refractivity contribution in [2.75, 3.05) is 0 Å². The second-order valence-electron chi connectivity index (χ2n) is 4.96. The second-order valence-corrected chi connectivity index (χ2v) is 4.96. The van der Waals surface area contributed by atoms with Crippen LogP contribution in [0.4, 0.5) is 0 Å². The summed E-state index contributed by atoms with van der Waals surface area (Å²) in [7, 11) is 0. The van der Waals surface area contributed by atoms with Crippen LogP contribution >= 0.6 is 0 Å². The predicted octanol–water partition coefficient (Wildman–Crippen LogP) is 2.95. The molecule has 5 heteroatoms.